The largest absolute Gasteiger partial charge is 0.377 e. The Morgan fingerprint density at radius 3 is 2.15 bits per heavy atom. The van der Waals surface area contributed by atoms with E-state index in [-0.39, 0.29) is 30.8 Å². The normalized spacial score (nSPS) is 10.6. The molecule has 0 atom stereocenters. The molecule has 8 nitrogen and oxygen atoms in total. The van der Waals surface area contributed by atoms with Crippen LogP contribution in [0, 0.1) is 0 Å². The molecule has 0 aliphatic carbocycles. The first-order valence-electron chi connectivity index (χ1n) is 9.88. The molecule has 0 heterocycles. The molecular weight excluding hydrogens is 352 g/mol. The van der Waals surface area contributed by atoms with E-state index in [0.29, 0.717) is 52.4 Å². The van der Waals surface area contributed by atoms with Gasteiger partial charge in [0.2, 0.25) is 11.8 Å². The van der Waals surface area contributed by atoms with Gasteiger partial charge in [-0.25, -0.2) is 0 Å². The highest BCUT2D eigenvalue weighted by molar-refractivity contribution is 5.79. The molecule has 27 heavy (non-hydrogen) atoms. The standard InChI is InChI=1S/C19H36N2O6/c1-3-11-26-16-19(24)21-10-12-25-13-14-27-15-17(22)8-6-5-7-9-20-18(23)4-2/h3-16H2,1-2H3,(H,20,23)(H,21,24). The number of rotatable bonds is 19. The monoisotopic (exact) mass is 388 g/mol. The third-order valence-corrected chi connectivity index (χ3v) is 3.56. The van der Waals surface area contributed by atoms with Gasteiger partial charge >= 0.3 is 0 Å². The number of hydrogen-bond donors (Lipinski definition) is 2. The number of amides is 2. The van der Waals surface area contributed by atoms with Crippen LogP contribution < -0.4 is 10.6 Å². The van der Waals surface area contributed by atoms with Gasteiger partial charge in [-0.1, -0.05) is 20.3 Å². The van der Waals surface area contributed by atoms with Gasteiger partial charge in [0.1, 0.15) is 13.2 Å². The average Bonchev–Trinajstić information content (AvgIpc) is 2.66. The quantitative estimate of drug-likeness (QED) is 0.323. The fourth-order valence-corrected chi connectivity index (χ4v) is 2.08. The maximum Gasteiger partial charge on any atom is 0.246 e. The molecule has 8 heteroatoms. The van der Waals surface area contributed by atoms with Gasteiger partial charge in [0.05, 0.1) is 19.8 Å². The summed E-state index contributed by atoms with van der Waals surface area (Å²) in [6.45, 7) is 6.78. The highest BCUT2D eigenvalue weighted by Crippen LogP contribution is 2.00. The number of hydrogen-bond acceptors (Lipinski definition) is 6. The number of nitrogens with one attached hydrogen (secondary N) is 2. The van der Waals surface area contributed by atoms with Crippen LogP contribution in [-0.4, -0.2) is 70.3 Å². The molecule has 0 aromatic heterocycles. The highest BCUT2D eigenvalue weighted by Gasteiger charge is 2.03. The zero-order valence-corrected chi connectivity index (χ0v) is 16.8. The third kappa shape index (κ3) is 19.1. The summed E-state index contributed by atoms with van der Waals surface area (Å²) in [6, 6.07) is 0. The van der Waals surface area contributed by atoms with E-state index in [9.17, 15) is 14.4 Å². The van der Waals surface area contributed by atoms with Crippen LogP contribution in [0.1, 0.15) is 52.4 Å². The highest BCUT2D eigenvalue weighted by atomic mass is 16.5. The Morgan fingerprint density at radius 2 is 1.41 bits per heavy atom. The molecule has 0 spiro atoms. The number of ketones is 1. The van der Waals surface area contributed by atoms with Gasteiger partial charge in [0, 0.05) is 32.5 Å². The fraction of sp³-hybridized carbons (Fsp3) is 0.842. The van der Waals surface area contributed by atoms with Crippen molar-refractivity contribution in [2.45, 2.75) is 52.4 Å². The SMILES string of the molecule is CCCOCC(=O)NCCOCCOCC(=O)CCCCCNC(=O)CC. The second kappa shape index (κ2) is 19.3. The molecule has 158 valence electrons. The van der Waals surface area contributed by atoms with Gasteiger partial charge in [-0.15, -0.1) is 0 Å². The Kier molecular flexibility index (Phi) is 18.2. The molecule has 0 aromatic carbocycles. The lowest BCUT2D eigenvalue weighted by atomic mass is 10.1. The van der Waals surface area contributed by atoms with E-state index in [0.717, 1.165) is 25.7 Å². The van der Waals surface area contributed by atoms with Crippen molar-refractivity contribution in [1.82, 2.24) is 10.6 Å². The van der Waals surface area contributed by atoms with E-state index in [1.165, 1.54) is 0 Å². The molecule has 0 aliphatic heterocycles. The minimum atomic E-state index is -0.151. The summed E-state index contributed by atoms with van der Waals surface area (Å²) in [5, 5.41) is 5.50. The van der Waals surface area contributed by atoms with Crippen molar-refractivity contribution in [1.29, 1.82) is 0 Å². The van der Waals surface area contributed by atoms with Crippen LogP contribution in [0.3, 0.4) is 0 Å². The molecule has 0 saturated carbocycles. The second-order valence-electron chi connectivity index (χ2n) is 6.12. The van der Waals surface area contributed by atoms with Crippen LogP contribution in [0.2, 0.25) is 0 Å². The Labute approximate surface area is 162 Å². The number of carbonyl (C=O) groups is 3. The maximum atomic E-state index is 11.7. The van der Waals surface area contributed by atoms with Crippen molar-refractivity contribution in [3.63, 3.8) is 0 Å². The Balaban J connectivity index is 3.29. The third-order valence-electron chi connectivity index (χ3n) is 3.56. The summed E-state index contributed by atoms with van der Waals surface area (Å²) in [4.78, 5) is 34.0. The first-order valence-corrected chi connectivity index (χ1v) is 9.88. The van der Waals surface area contributed by atoms with E-state index in [4.69, 9.17) is 14.2 Å². The lowest BCUT2D eigenvalue weighted by Crippen LogP contribution is -2.31. The Bertz CT molecular complexity index is 404. The molecule has 2 N–H and O–H groups in total. The molecule has 0 unspecified atom stereocenters. The molecule has 0 bridgehead atoms. The minimum absolute atomic E-state index is 0.0602. The molecule has 0 fully saturated rings. The van der Waals surface area contributed by atoms with Gasteiger partial charge in [-0.2, -0.15) is 0 Å². The fourth-order valence-electron chi connectivity index (χ4n) is 2.08. The van der Waals surface area contributed by atoms with Crippen molar-refractivity contribution < 1.29 is 28.6 Å². The van der Waals surface area contributed by atoms with Gasteiger partial charge in [-0.05, 0) is 19.3 Å². The number of carbonyl (C=O) groups excluding carboxylic acids is 3. The Morgan fingerprint density at radius 1 is 0.704 bits per heavy atom. The molecule has 0 aliphatic rings. The summed E-state index contributed by atoms with van der Waals surface area (Å²) in [6.07, 6.45) is 4.49. The number of Topliss-reactive ketones (excluding diaryl/α,β-unsaturated/α-hetero) is 1. The first kappa shape index (κ1) is 25.5. The van der Waals surface area contributed by atoms with Crippen LogP contribution in [0.5, 0.6) is 0 Å². The lowest BCUT2D eigenvalue weighted by molar-refractivity contribution is -0.126. The van der Waals surface area contributed by atoms with Gasteiger partial charge in [0.25, 0.3) is 0 Å². The molecule has 0 rings (SSSR count). The minimum Gasteiger partial charge on any atom is -0.377 e. The zero-order valence-electron chi connectivity index (χ0n) is 16.8. The van der Waals surface area contributed by atoms with Crippen LogP contribution in [0.25, 0.3) is 0 Å². The summed E-state index contributed by atoms with van der Waals surface area (Å²) in [7, 11) is 0. The predicted molar refractivity (Wildman–Crippen MR) is 103 cm³/mol. The topological polar surface area (TPSA) is 103 Å². The van der Waals surface area contributed by atoms with E-state index in [1.54, 1.807) is 0 Å². The molecule has 0 aromatic rings. The predicted octanol–water partition coefficient (Wildman–Crippen LogP) is 1.22. The van der Waals surface area contributed by atoms with Gasteiger partial charge < -0.3 is 24.8 Å². The summed E-state index contributed by atoms with van der Waals surface area (Å²) in [5.41, 5.74) is 0. The number of unbranched alkanes of at least 4 members (excludes halogenated alkanes) is 2. The van der Waals surface area contributed by atoms with Crippen LogP contribution in [0.15, 0.2) is 0 Å². The summed E-state index contributed by atoms with van der Waals surface area (Å²) < 4.78 is 15.7. The summed E-state index contributed by atoms with van der Waals surface area (Å²) in [5.74, 6) is -0.0151. The molecule has 2 amide bonds. The first-order chi connectivity index (χ1) is 13.1. The maximum absolute atomic E-state index is 11.7. The second-order valence-corrected chi connectivity index (χ2v) is 6.12. The summed E-state index contributed by atoms with van der Waals surface area (Å²) >= 11 is 0. The lowest BCUT2D eigenvalue weighted by Gasteiger charge is -2.07. The van der Waals surface area contributed by atoms with Crippen molar-refractivity contribution in [2.75, 3.05) is 52.7 Å². The van der Waals surface area contributed by atoms with E-state index in [2.05, 4.69) is 10.6 Å². The van der Waals surface area contributed by atoms with Crippen LogP contribution in [-0.2, 0) is 28.6 Å². The zero-order chi connectivity index (χ0) is 20.2. The van der Waals surface area contributed by atoms with E-state index in [1.807, 2.05) is 13.8 Å². The van der Waals surface area contributed by atoms with Gasteiger partial charge in [-0.3, -0.25) is 14.4 Å². The van der Waals surface area contributed by atoms with E-state index >= 15 is 0 Å². The average molecular weight is 389 g/mol. The molecule has 0 saturated heterocycles. The van der Waals surface area contributed by atoms with Gasteiger partial charge in [0.15, 0.2) is 5.78 Å². The number of ether oxygens (including phenoxy) is 3. The van der Waals surface area contributed by atoms with Crippen molar-refractivity contribution in [2.24, 2.45) is 0 Å². The van der Waals surface area contributed by atoms with Crippen molar-refractivity contribution >= 4 is 17.6 Å². The molecular formula is C19H36N2O6. The van der Waals surface area contributed by atoms with Crippen LogP contribution in [0.4, 0.5) is 0 Å². The van der Waals surface area contributed by atoms with Crippen molar-refractivity contribution in [3.8, 4) is 0 Å². The van der Waals surface area contributed by atoms with Crippen LogP contribution >= 0.6 is 0 Å². The van der Waals surface area contributed by atoms with E-state index < -0.39 is 0 Å². The molecule has 0 radical (unpaired) electrons. The van der Waals surface area contributed by atoms with Crippen molar-refractivity contribution in [3.05, 3.63) is 0 Å². The Hall–Kier alpha value is -1.51. The smallest absolute Gasteiger partial charge is 0.246 e.